The maximum atomic E-state index is 12.8. The van der Waals surface area contributed by atoms with E-state index < -0.39 is 0 Å². The fourth-order valence-electron chi connectivity index (χ4n) is 4.76. The third kappa shape index (κ3) is 3.09. The summed E-state index contributed by atoms with van der Waals surface area (Å²) in [6, 6.07) is -0.0389. The third-order valence-electron chi connectivity index (χ3n) is 5.25. The predicted octanol–water partition coefficient (Wildman–Crippen LogP) is 2.33. The first-order valence-corrected chi connectivity index (χ1v) is 8.27. The van der Waals surface area contributed by atoms with E-state index in [2.05, 4.69) is 33.0 Å². The molecule has 1 N–H and O–H groups in total. The fraction of sp³-hybridized carbons (Fsp3) is 0.882. The summed E-state index contributed by atoms with van der Waals surface area (Å²) in [5.41, 5.74) is 0.464. The molecule has 1 heterocycles. The van der Waals surface area contributed by atoms with Crippen LogP contribution in [0.4, 0.5) is 0 Å². The van der Waals surface area contributed by atoms with Crippen LogP contribution in [-0.4, -0.2) is 35.3 Å². The van der Waals surface area contributed by atoms with Gasteiger partial charge in [-0.25, -0.2) is 0 Å². The van der Waals surface area contributed by atoms with Gasteiger partial charge >= 0.3 is 0 Å². The molecule has 0 aromatic rings. The quantitative estimate of drug-likeness (QED) is 0.849. The number of rotatable bonds is 2. The summed E-state index contributed by atoms with van der Waals surface area (Å²) in [5.74, 6) is 0.567. The first-order valence-electron chi connectivity index (χ1n) is 8.27. The Balaban J connectivity index is 1.80. The highest BCUT2D eigenvalue weighted by Gasteiger charge is 2.48. The fourth-order valence-corrected chi connectivity index (χ4v) is 4.76. The van der Waals surface area contributed by atoms with Crippen LogP contribution in [0.2, 0.25) is 0 Å². The van der Waals surface area contributed by atoms with Crippen LogP contribution in [0, 0.1) is 16.7 Å². The van der Waals surface area contributed by atoms with Crippen LogP contribution >= 0.6 is 0 Å². The summed E-state index contributed by atoms with van der Waals surface area (Å²) in [7, 11) is 0. The van der Waals surface area contributed by atoms with Crippen molar-refractivity contribution in [2.45, 2.75) is 71.9 Å². The Bertz CT molecular complexity index is 449. The second-order valence-electron chi connectivity index (χ2n) is 8.92. The zero-order chi connectivity index (χ0) is 15.4. The Kier molecular flexibility index (Phi) is 3.34. The predicted molar refractivity (Wildman–Crippen MR) is 81.6 cm³/mol. The van der Waals surface area contributed by atoms with Crippen molar-refractivity contribution < 1.29 is 9.59 Å². The van der Waals surface area contributed by atoms with Crippen molar-refractivity contribution in [3.8, 4) is 0 Å². The minimum Gasteiger partial charge on any atom is -0.342 e. The molecular weight excluding hydrogens is 264 g/mol. The van der Waals surface area contributed by atoms with Crippen LogP contribution in [0.25, 0.3) is 0 Å². The highest BCUT2D eigenvalue weighted by atomic mass is 16.2. The smallest absolute Gasteiger partial charge is 0.246 e. The topological polar surface area (TPSA) is 49.4 Å². The molecule has 1 atom stereocenters. The number of hydrogen-bond acceptors (Lipinski definition) is 2. The third-order valence-corrected chi connectivity index (χ3v) is 5.25. The number of hydrogen-bond donors (Lipinski definition) is 1. The molecule has 3 fully saturated rings. The normalized spacial score (nSPS) is 33.0. The molecule has 2 aliphatic carbocycles. The van der Waals surface area contributed by atoms with Crippen molar-refractivity contribution in [1.82, 2.24) is 10.2 Å². The molecule has 21 heavy (non-hydrogen) atoms. The first-order chi connectivity index (χ1) is 9.67. The summed E-state index contributed by atoms with van der Waals surface area (Å²) in [6.45, 7) is 9.39. The van der Waals surface area contributed by atoms with E-state index in [0.29, 0.717) is 5.92 Å². The molecule has 1 unspecified atom stereocenters. The Morgan fingerprint density at radius 3 is 2.14 bits per heavy atom. The van der Waals surface area contributed by atoms with Gasteiger partial charge in [-0.2, -0.15) is 0 Å². The van der Waals surface area contributed by atoms with Crippen molar-refractivity contribution in [1.29, 1.82) is 0 Å². The van der Waals surface area contributed by atoms with E-state index in [4.69, 9.17) is 0 Å². The number of carbonyl (C=O) groups is 2. The standard InChI is InChI=1S/C17H28N2O2/c1-16(2)7-12(8-17(3,4)10-16)19-9-13(20)18-14(15(19)21)11-5-6-11/h11-12,14H,5-10H2,1-4H3,(H,18,20). The second-order valence-corrected chi connectivity index (χ2v) is 8.92. The lowest BCUT2D eigenvalue weighted by molar-refractivity contribution is -0.150. The van der Waals surface area contributed by atoms with Gasteiger partial charge in [-0.3, -0.25) is 9.59 Å². The van der Waals surface area contributed by atoms with Gasteiger partial charge in [-0.1, -0.05) is 27.7 Å². The van der Waals surface area contributed by atoms with Crippen molar-refractivity contribution in [2.75, 3.05) is 6.54 Å². The van der Waals surface area contributed by atoms with Crippen molar-refractivity contribution in [3.63, 3.8) is 0 Å². The van der Waals surface area contributed by atoms with E-state index in [0.717, 1.165) is 25.7 Å². The number of nitrogens with zero attached hydrogens (tertiary/aromatic N) is 1. The lowest BCUT2D eigenvalue weighted by Crippen LogP contribution is -2.63. The molecule has 118 valence electrons. The monoisotopic (exact) mass is 292 g/mol. The maximum absolute atomic E-state index is 12.8. The Morgan fingerprint density at radius 1 is 1.05 bits per heavy atom. The molecule has 0 aromatic heterocycles. The lowest BCUT2D eigenvalue weighted by atomic mass is 9.63. The van der Waals surface area contributed by atoms with Gasteiger partial charge in [-0.05, 0) is 48.9 Å². The largest absolute Gasteiger partial charge is 0.342 e. The lowest BCUT2D eigenvalue weighted by Gasteiger charge is -2.49. The van der Waals surface area contributed by atoms with Gasteiger partial charge in [0.1, 0.15) is 6.04 Å². The van der Waals surface area contributed by atoms with Crippen molar-refractivity contribution in [3.05, 3.63) is 0 Å². The van der Waals surface area contributed by atoms with E-state index >= 15 is 0 Å². The minimum atomic E-state index is -0.251. The summed E-state index contributed by atoms with van der Waals surface area (Å²) >= 11 is 0. The first kappa shape index (κ1) is 14.9. The van der Waals surface area contributed by atoms with Gasteiger partial charge < -0.3 is 10.2 Å². The maximum Gasteiger partial charge on any atom is 0.246 e. The zero-order valence-corrected chi connectivity index (χ0v) is 13.7. The van der Waals surface area contributed by atoms with Crippen LogP contribution in [0.5, 0.6) is 0 Å². The Morgan fingerprint density at radius 2 is 1.62 bits per heavy atom. The Hall–Kier alpha value is -1.06. The molecular formula is C17H28N2O2. The number of amides is 2. The molecule has 4 heteroatoms. The molecule has 2 amide bonds. The highest BCUT2D eigenvalue weighted by Crippen LogP contribution is 2.47. The average molecular weight is 292 g/mol. The van der Waals surface area contributed by atoms with E-state index in [1.165, 1.54) is 6.42 Å². The second kappa shape index (κ2) is 4.72. The van der Waals surface area contributed by atoms with Gasteiger partial charge in [0, 0.05) is 6.04 Å². The molecule has 0 radical (unpaired) electrons. The molecule has 0 spiro atoms. The van der Waals surface area contributed by atoms with Crippen molar-refractivity contribution >= 4 is 11.8 Å². The van der Waals surface area contributed by atoms with E-state index in [1.807, 2.05) is 4.90 Å². The molecule has 1 saturated heterocycles. The summed E-state index contributed by atoms with van der Waals surface area (Å²) < 4.78 is 0. The summed E-state index contributed by atoms with van der Waals surface area (Å²) in [4.78, 5) is 26.7. The summed E-state index contributed by atoms with van der Waals surface area (Å²) in [6.07, 6.45) is 5.34. The van der Waals surface area contributed by atoms with Crippen LogP contribution in [-0.2, 0) is 9.59 Å². The van der Waals surface area contributed by atoms with Gasteiger partial charge in [0.05, 0.1) is 6.54 Å². The van der Waals surface area contributed by atoms with Crippen molar-refractivity contribution in [2.24, 2.45) is 16.7 Å². The highest BCUT2D eigenvalue weighted by molar-refractivity contribution is 5.95. The zero-order valence-electron chi connectivity index (χ0n) is 13.7. The molecule has 4 nitrogen and oxygen atoms in total. The van der Waals surface area contributed by atoms with Gasteiger partial charge in [0.15, 0.2) is 0 Å². The number of piperazine rings is 1. The van der Waals surface area contributed by atoms with E-state index in [9.17, 15) is 9.59 Å². The van der Waals surface area contributed by atoms with E-state index in [1.54, 1.807) is 0 Å². The van der Waals surface area contributed by atoms with Gasteiger partial charge in [-0.15, -0.1) is 0 Å². The molecule has 0 aromatic carbocycles. The van der Waals surface area contributed by atoms with Crippen LogP contribution in [0.15, 0.2) is 0 Å². The Labute approximate surface area is 127 Å². The average Bonchev–Trinajstić information content (AvgIpc) is 3.11. The molecule has 0 bridgehead atoms. The summed E-state index contributed by atoms with van der Waals surface area (Å²) in [5, 5.41) is 2.91. The van der Waals surface area contributed by atoms with Crippen LogP contribution < -0.4 is 5.32 Å². The van der Waals surface area contributed by atoms with Gasteiger partial charge in [0.25, 0.3) is 0 Å². The molecule has 3 aliphatic rings. The molecule has 2 saturated carbocycles. The number of carbonyl (C=O) groups excluding carboxylic acids is 2. The molecule has 1 aliphatic heterocycles. The van der Waals surface area contributed by atoms with Crippen LogP contribution in [0.1, 0.15) is 59.8 Å². The molecule has 3 rings (SSSR count). The van der Waals surface area contributed by atoms with E-state index in [-0.39, 0.29) is 41.3 Å². The SMILES string of the molecule is CC1(C)CC(N2CC(=O)NC(C3CC3)C2=O)CC(C)(C)C1. The van der Waals surface area contributed by atoms with Crippen LogP contribution in [0.3, 0.4) is 0 Å². The number of nitrogens with one attached hydrogen (secondary N) is 1. The van der Waals surface area contributed by atoms with Gasteiger partial charge in [0.2, 0.25) is 11.8 Å². The minimum absolute atomic E-state index is 0.0210.